The van der Waals surface area contributed by atoms with Crippen LogP contribution < -0.4 is 0 Å². The summed E-state index contributed by atoms with van der Waals surface area (Å²) in [5, 5.41) is 0.657. The van der Waals surface area contributed by atoms with Gasteiger partial charge in [-0.2, -0.15) is 0 Å². The van der Waals surface area contributed by atoms with Gasteiger partial charge in [-0.25, -0.2) is 9.97 Å². The summed E-state index contributed by atoms with van der Waals surface area (Å²) in [6.07, 6.45) is 0. The van der Waals surface area contributed by atoms with Crippen LogP contribution in [-0.4, -0.2) is 9.97 Å². The molecule has 5 heteroatoms. The predicted molar refractivity (Wildman–Crippen MR) is 71.8 cm³/mol. The normalized spacial score (nSPS) is 10.6. The van der Waals surface area contributed by atoms with E-state index in [1.807, 2.05) is 31.2 Å². The van der Waals surface area contributed by atoms with Crippen LogP contribution in [0.2, 0.25) is 10.3 Å². The molecule has 0 fully saturated rings. The Morgan fingerprint density at radius 2 is 1.65 bits per heavy atom. The van der Waals surface area contributed by atoms with Crippen molar-refractivity contribution in [2.75, 3.05) is 0 Å². The zero-order valence-corrected chi connectivity index (χ0v) is 11.3. The third-order valence-corrected chi connectivity index (χ3v) is 3.19. The van der Waals surface area contributed by atoms with E-state index in [9.17, 15) is 0 Å². The molecule has 0 saturated heterocycles. The predicted octanol–water partition coefficient (Wildman–Crippen LogP) is 4.50. The summed E-state index contributed by atoms with van der Waals surface area (Å²) in [5.41, 5.74) is 2.66. The molecule has 1 aromatic heterocycles. The molecule has 0 atom stereocenters. The third kappa shape index (κ3) is 2.54. The van der Waals surface area contributed by atoms with E-state index in [0.29, 0.717) is 21.7 Å². The van der Waals surface area contributed by atoms with Gasteiger partial charge in [-0.05, 0) is 18.1 Å². The van der Waals surface area contributed by atoms with E-state index in [2.05, 4.69) is 9.97 Å². The SMILES string of the molecule is Cc1ccccc1-c1c(Cl)nc(CCl)nc1Cl. The van der Waals surface area contributed by atoms with Gasteiger partial charge in [-0.15, -0.1) is 11.6 Å². The van der Waals surface area contributed by atoms with Crippen LogP contribution in [0.3, 0.4) is 0 Å². The topological polar surface area (TPSA) is 25.8 Å². The van der Waals surface area contributed by atoms with Crippen LogP contribution in [0.5, 0.6) is 0 Å². The van der Waals surface area contributed by atoms with Gasteiger partial charge in [0.15, 0.2) is 0 Å². The number of alkyl halides is 1. The highest BCUT2D eigenvalue weighted by Crippen LogP contribution is 2.34. The van der Waals surface area contributed by atoms with Crippen LogP contribution in [0.15, 0.2) is 24.3 Å². The molecule has 0 spiro atoms. The first-order valence-corrected chi connectivity index (χ1v) is 6.26. The van der Waals surface area contributed by atoms with Crippen molar-refractivity contribution in [2.45, 2.75) is 12.8 Å². The van der Waals surface area contributed by atoms with Crippen molar-refractivity contribution in [3.05, 3.63) is 46.0 Å². The van der Waals surface area contributed by atoms with Crippen molar-refractivity contribution in [1.29, 1.82) is 0 Å². The van der Waals surface area contributed by atoms with E-state index >= 15 is 0 Å². The van der Waals surface area contributed by atoms with Crippen LogP contribution in [-0.2, 0) is 5.88 Å². The van der Waals surface area contributed by atoms with E-state index in [-0.39, 0.29) is 5.88 Å². The minimum Gasteiger partial charge on any atom is -0.219 e. The smallest absolute Gasteiger partial charge is 0.146 e. The second kappa shape index (κ2) is 5.21. The van der Waals surface area contributed by atoms with Gasteiger partial charge in [0.25, 0.3) is 0 Å². The van der Waals surface area contributed by atoms with E-state index in [1.54, 1.807) is 0 Å². The van der Waals surface area contributed by atoms with Crippen LogP contribution in [0.1, 0.15) is 11.4 Å². The summed E-state index contributed by atoms with van der Waals surface area (Å²) in [6.45, 7) is 1.98. The highest BCUT2D eigenvalue weighted by Gasteiger charge is 2.14. The van der Waals surface area contributed by atoms with Crippen LogP contribution in [0.25, 0.3) is 11.1 Å². The van der Waals surface area contributed by atoms with E-state index in [1.165, 1.54) is 0 Å². The Labute approximate surface area is 115 Å². The number of benzene rings is 1. The molecule has 0 amide bonds. The summed E-state index contributed by atoms with van der Waals surface area (Å²) in [5.74, 6) is 0.618. The fourth-order valence-electron chi connectivity index (χ4n) is 1.58. The minimum absolute atomic E-state index is 0.188. The summed E-state index contributed by atoms with van der Waals surface area (Å²) < 4.78 is 0. The standard InChI is InChI=1S/C12H9Cl3N2/c1-7-4-2-3-5-8(7)10-11(14)16-9(6-13)17-12(10)15/h2-5H,6H2,1H3. The van der Waals surface area contributed by atoms with Gasteiger partial charge in [0.1, 0.15) is 16.1 Å². The Bertz CT molecular complexity index is 532. The summed E-state index contributed by atoms with van der Waals surface area (Å²) in [7, 11) is 0. The fourth-order valence-corrected chi connectivity index (χ4v) is 2.33. The lowest BCUT2D eigenvalue weighted by atomic mass is 10.0. The number of aryl methyl sites for hydroxylation is 1. The molecule has 1 aromatic carbocycles. The van der Waals surface area contributed by atoms with Gasteiger partial charge in [0.05, 0.1) is 11.4 Å². The molecule has 88 valence electrons. The molecule has 0 N–H and O–H groups in total. The molecule has 1 heterocycles. The van der Waals surface area contributed by atoms with Gasteiger partial charge in [0.2, 0.25) is 0 Å². The molecule has 0 unspecified atom stereocenters. The average molecular weight is 288 g/mol. The monoisotopic (exact) mass is 286 g/mol. The first-order chi connectivity index (χ1) is 8.13. The molecule has 2 rings (SSSR count). The number of halogens is 3. The quantitative estimate of drug-likeness (QED) is 0.600. The molecule has 2 aromatic rings. The summed E-state index contributed by atoms with van der Waals surface area (Å²) in [4.78, 5) is 8.22. The molecule has 0 aliphatic heterocycles. The van der Waals surface area contributed by atoms with Crippen molar-refractivity contribution in [1.82, 2.24) is 9.97 Å². The Morgan fingerprint density at radius 3 is 2.18 bits per heavy atom. The molecule has 0 aliphatic rings. The van der Waals surface area contributed by atoms with Gasteiger partial charge >= 0.3 is 0 Å². The maximum atomic E-state index is 6.13. The van der Waals surface area contributed by atoms with Crippen LogP contribution >= 0.6 is 34.8 Å². The lowest BCUT2D eigenvalue weighted by Gasteiger charge is -2.09. The number of rotatable bonds is 2. The summed E-state index contributed by atoms with van der Waals surface area (Å²) >= 11 is 17.9. The summed E-state index contributed by atoms with van der Waals surface area (Å²) in [6, 6.07) is 7.79. The first kappa shape index (κ1) is 12.6. The molecule has 0 aliphatic carbocycles. The molecule has 0 saturated carbocycles. The highest BCUT2D eigenvalue weighted by molar-refractivity contribution is 6.37. The molecule has 0 radical (unpaired) electrons. The Morgan fingerprint density at radius 1 is 1.06 bits per heavy atom. The van der Waals surface area contributed by atoms with Gasteiger partial charge in [-0.1, -0.05) is 47.5 Å². The Kier molecular flexibility index (Phi) is 3.87. The average Bonchev–Trinajstić information content (AvgIpc) is 2.30. The van der Waals surface area contributed by atoms with Crippen molar-refractivity contribution in [3.63, 3.8) is 0 Å². The number of hydrogen-bond donors (Lipinski definition) is 0. The molecular formula is C12H9Cl3N2. The first-order valence-electron chi connectivity index (χ1n) is 4.97. The maximum Gasteiger partial charge on any atom is 0.146 e. The fraction of sp³-hybridized carbons (Fsp3) is 0.167. The maximum absolute atomic E-state index is 6.13. The second-order valence-corrected chi connectivity index (χ2v) is 4.53. The largest absolute Gasteiger partial charge is 0.219 e. The lowest BCUT2D eigenvalue weighted by molar-refractivity contribution is 1.03. The lowest BCUT2D eigenvalue weighted by Crippen LogP contribution is -1.97. The second-order valence-electron chi connectivity index (χ2n) is 3.55. The van der Waals surface area contributed by atoms with Crippen molar-refractivity contribution >= 4 is 34.8 Å². The number of aromatic nitrogens is 2. The number of hydrogen-bond acceptors (Lipinski definition) is 2. The highest BCUT2D eigenvalue weighted by atomic mass is 35.5. The molecular weight excluding hydrogens is 279 g/mol. The molecule has 0 bridgehead atoms. The van der Waals surface area contributed by atoms with Gasteiger partial charge < -0.3 is 0 Å². The van der Waals surface area contributed by atoms with E-state index in [0.717, 1.165) is 11.1 Å². The zero-order chi connectivity index (χ0) is 12.4. The Hall–Kier alpha value is -0.830. The minimum atomic E-state index is 0.188. The molecule has 2 nitrogen and oxygen atoms in total. The Balaban J connectivity index is 2.64. The zero-order valence-electron chi connectivity index (χ0n) is 9.04. The van der Waals surface area contributed by atoms with Gasteiger partial charge in [0, 0.05) is 0 Å². The van der Waals surface area contributed by atoms with Crippen molar-refractivity contribution in [3.8, 4) is 11.1 Å². The molecule has 17 heavy (non-hydrogen) atoms. The van der Waals surface area contributed by atoms with Gasteiger partial charge in [-0.3, -0.25) is 0 Å². The number of nitrogens with zero attached hydrogens (tertiary/aromatic N) is 2. The van der Waals surface area contributed by atoms with Crippen molar-refractivity contribution in [2.24, 2.45) is 0 Å². The van der Waals surface area contributed by atoms with Crippen LogP contribution in [0.4, 0.5) is 0 Å². The van der Waals surface area contributed by atoms with E-state index < -0.39 is 0 Å². The van der Waals surface area contributed by atoms with Crippen molar-refractivity contribution < 1.29 is 0 Å². The third-order valence-electron chi connectivity index (χ3n) is 2.40. The van der Waals surface area contributed by atoms with Crippen LogP contribution in [0, 0.1) is 6.92 Å². The van der Waals surface area contributed by atoms with E-state index in [4.69, 9.17) is 34.8 Å².